The number of hydrogen-bond acceptors (Lipinski definition) is 3. The summed E-state index contributed by atoms with van der Waals surface area (Å²) in [5.41, 5.74) is 0. The molecule has 0 aliphatic carbocycles. The van der Waals surface area contributed by atoms with E-state index in [4.69, 9.17) is 14.2 Å². The second kappa shape index (κ2) is 1.92. The topological polar surface area (TPSA) is 27.7 Å². The first-order valence-electron chi connectivity index (χ1n) is 3.56. The largest absolute Gasteiger partial charge is 0.344 e. The van der Waals surface area contributed by atoms with E-state index in [1.807, 2.05) is 0 Å². The average Bonchev–Trinajstić information content (AvgIpc) is 1.82. The maximum atomic E-state index is 5.51. The van der Waals surface area contributed by atoms with Gasteiger partial charge in [0.25, 0.3) is 0 Å². The molecule has 0 saturated carbocycles. The van der Waals surface area contributed by atoms with E-state index in [9.17, 15) is 0 Å². The van der Waals surface area contributed by atoms with Crippen molar-refractivity contribution in [1.29, 1.82) is 0 Å². The molecule has 0 aromatic rings. The molecule has 0 spiro atoms. The summed E-state index contributed by atoms with van der Waals surface area (Å²) in [4.78, 5) is 0. The molecule has 4 rings (SSSR count). The van der Waals surface area contributed by atoms with Gasteiger partial charge in [0, 0.05) is 12.8 Å². The summed E-state index contributed by atoms with van der Waals surface area (Å²) in [6, 6.07) is 0. The first-order valence-corrected chi connectivity index (χ1v) is 4.60. The zero-order chi connectivity index (χ0) is 6.55. The lowest BCUT2D eigenvalue weighted by Crippen LogP contribution is -2.50. The van der Waals surface area contributed by atoms with Crippen molar-refractivity contribution in [3.8, 4) is 0 Å². The Kier molecular flexibility index (Phi) is 1.13. The van der Waals surface area contributed by atoms with Gasteiger partial charge in [-0.25, -0.2) is 0 Å². The standard InChI is InChI=1S/C6H8O3P/c1-3-7-4-2-6(8-3)10-5(1)9-4/h3-6H,1-2H2. The fraction of sp³-hybridized carbons (Fsp3) is 1.00. The van der Waals surface area contributed by atoms with Crippen LogP contribution >= 0.6 is 8.58 Å². The van der Waals surface area contributed by atoms with Crippen LogP contribution in [0.1, 0.15) is 12.8 Å². The van der Waals surface area contributed by atoms with Gasteiger partial charge in [-0.2, -0.15) is 0 Å². The van der Waals surface area contributed by atoms with Crippen LogP contribution in [-0.4, -0.2) is 24.3 Å². The van der Waals surface area contributed by atoms with Crippen LogP contribution in [0.15, 0.2) is 0 Å². The van der Waals surface area contributed by atoms with Crippen molar-refractivity contribution >= 4 is 8.58 Å². The van der Waals surface area contributed by atoms with Gasteiger partial charge in [-0.15, -0.1) is 0 Å². The SMILES string of the molecule is C1C2OC3CC(O2)[P]C1O3. The lowest BCUT2D eigenvalue weighted by Gasteiger charge is -2.48. The summed E-state index contributed by atoms with van der Waals surface area (Å²) >= 11 is 0. The van der Waals surface area contributed by atoms with Crippen molar-refractivity contribution < 1.29 is 14.2 Å². The Balaban J connectivity index is 1.90. The number of hydrogen-bond donors (Lipinski definition) is 0. The smallest absolute Gasteiger partial charge is 0.164 e. The van der Waals surface area contributed by atoms with Gasteiger partial charge in [-0.3, -0.25) is 0 Å². The quantitative estimate of drug-likeness (QED) is 0.495. The fourth-order valence-corrected chi connectivity index (χ4v) is 2.99. The molecule has 0 aromatic heterocycles. The zero-order valence-electron chi connectivity index (χ0n) is 5.40. The Bertz CT molecular complexity index is 105. The second-order valence-corrected chi connectivity index (χ2v) is 4.25. The lowest BCUT2D eigenvalue weighted by atomic mass is 10.3. The minimum absolute atomic E-state index is 0.0451. The molecule has 4 saturated heterocycles. The fourth-order valence-electron chi connectivity index (χ4n) is 1.62. The molecule has 0 N–H and O–H groups in total. The predicted molar refractivity (Wildman–Crippen MR) is 34.6 cm³/mol. The van der Waals surface area contributed by atoms with Crippen LogP contribution in [0, 0.1) is 0 Å². The Morgan fingerprint density at radius 3 is 2.00 bits per heavy atom. The molecule has 4 unspecified atom stereocenters. The zero-order valence-corrected chi connectivity index (χ0v) is 6.29. The van der Waals surface area contributed by atoms with Gasteiger partial charge in [-0.1, -0.05) is 0 Å². The minimum atomic E-state index is 0.0451. The summed E-state index contributed by atoms with van der Waals surface area (Å²) in [7, 11) is 1.31. The highest BCUT2D eigenvalue weighted by Crippen LogP contribution is 2.48. The molecule has 4 aliphatic rings. The van der Waals surface area contributed by atoms with Crippen LogP contribution in [0.3, 0.4) is 0 Å². The summed E-state index contributed by atoms with van der Waals surface area (Å²) in [5.74, 6) is 0.799. The van der Waals surface area contributed by atoms with E-state index in [2.05, 4.69) is 0 Å². The van der Waals surface area contributed by atoms with Crippen molar-refractivity contribution in [2.24, 2.45) is 0 Å². The van der Waals surface area contributed by atoms with Gasteiger partial charge in [0.2, 0.25) is 0 Å². The van der Waals surface area contributed by atoms with Crippen LogP contribution < -0.4 is 0 Å². The Morgan fingerprint density at radius 2 is 1.50 bits per heavy atom. The molecule has 0 aromatic carbocycles. The monoisotopic (exact) mass is 159 g/mol. The average molecular weight is 159 g/mol. The molecule has 4 bridgehead atoms. The summed E-state index contributed by atoms with van der Waals surface area (Å²) in [5, 5.41) is 0. The molecule has 10 heavy (non-hydrogen) atoms. The lowest BCUT2D eigenvalue weighted by molar-refractivity contribution is -0.344. The first kappa shape index (κ1) is 5.90. The molecule has 4 atom stereocenters. The second-order valence-electron chi connectivity index (χ2n) is 2.80. The van der Waals surface area contributed by atoms with E-state index in [-0.39, 0.29) is 12.6 Å². The molecule has 55 valence electrons. The van der Waals surface area contributed by atoms with E-state index in [0.717, 1.165) is 12.8 Å². The van der Waals surface area contributed by atoms with Gasteiger partial charge in [-0.05, 0) is 8.58 Å². The van der Waals surface area contributed by atoms with Crippen molar-refractivity contribution in [3.05, 3.63) is 0 Å². The van der Waals surface area contributed by atoms with Crippen LogP contribution in [-0.2, 0) is 14.2 Å². The van der Waals surface area contributed by atoms with Crippen molar-refractivity contribution in [2.45, 2.75) is 37.1 Å². The Morgan fingerprint density at radius 1 is 0.900 bits per heavy atom. The van der Waals surface area contributed by atoms with Gasteiger partial charge in [0.15, 0.2) is 12.6 Å². The van der Waals surface area contributed by atoms with E-state index in [1.54, 1.807) is 0 Å². The third kappa shape index (κ3) is 0.751. The van der Waals surface area contributed by atoms with Crippen LogP contribution in [0.4, 0.5) is 0 Å². The highest BCUT2D eigenvalue weighted by molar-refractivity contribution is 7.39. The molecule has 4 fully saturated rings. The van der Waals surface area contributed by atoms with Gasteiger partial charge >= 0.3 is 0 Å². The van der Waals surface area contributed by atoms with Gasteiger partial charge in [0.1, 0.15) is 0 Å². The molecule has 1 radical (unpaired) electrons. The molecule has 4 heteroatoms. The molecule has 4 aliphatic heterocycles. The highest BCUT2D eigenvalue weighted by atomic mass is 31.1. The van der Waals surface area contributed by atoms with Gasteiger partial charge < -0.3 is 14.2 Å². The molecule has 4 heterocycles. The highest BCUT2D eigenvalue weighted by Gasteiger charge is 2.45. The summed E-state index contributed by atoms with van der Waals surface area (Å²) in [6.45, 7) is 0. The van der Waals surface area contributed by atoms with Crippen molar-refractivity contribution in [1.82, 2.24) is 0 Å². The Labute approximate surface area is 60.8 Å². The van der Waals surface area contributed by atoms with Crippen LogP contribution in [0.25, 0.3) is 0 Å². The number of rotatable bonds is 0. The molecular formula is C6H8O3P. The maximum Gasteiger partial charge on any atom is 0.164 e. The third-order valence-corrected chi connectivity index (χ3v) is 3.37. The van der Waals surface area contributed by atoms with Gasteiger partial charge in [0.05, 0.1) is 11.7 Å². The van der Waals surface area contributed by atoms with Crippen molar-refractivity contribution in [2.75, 3.05) is 0 Å². The van der Waals surface area contributed by atoms with Crippen molar-refractivity contribution in [3.63, 3.8) is 0 Å². The van der Waals surface area contributed by atoms with E-state index in [1.165, 1.54) is 8.58 Å². The molecular weight excluding hydrogens is 151 g/mol. The Hall–Kier alpha value is 0.310. The molecule has 0 amide bonds. The van der Waals surface area contributed by atoms with Crippen LogP contribution in [0.5, 0.6) is 0 Å². The maximum absolute atomic E-state index is 5.51. The normalized spacial score (nSPS) is 60.0. The van der Waals surface area contributed by atoms with E-state index in [0.29, 0.717) is 11.7 Å². The van der Waals surface area contributed by atoms with Crippen LogP contribution in [0.2, 0.25) is 0 Å². The number of ether oxygens (including phenoxy) is 3. The third-order valence-electron chi connectivity index (χ3n) is 2.04. The molecule has 3 nitrogen and oxygen atoms in total. The first-order chi connectivity index (χ1) is 4.90. The minimum Gasteiger partial charge on any atom is -0.344 e. The summed E-state index contributed by atoms with van der Waals surface area (Å²) in [6.07, 6.45) is 1.94. The van der Waals surface area contributed by atoms with E-state index >= 15 is 0 Å². The van der Waals surface area contributed by atoms with E-state index < -0.39 is 0 Å². The summed E-state index contributed by atoms with van der Waals surface area (Å²) < 4.78 is 16.4. The predicted octanol–water partition coefficient (Wildman–Crippen LogP) is 1.11.